The summed E-state index contributed by atoms with van der Waals surface area (Å²) >= 11 is 1.82. The summed E-state index contributed by atoms with van der Waals surface area (Å²) in [7, 11) is 0. The Hall–Kier alpha value is -3.94. The summed E-state index contributed by atoms with van der Waals surface area (Å²) in [5.41, 5.74) is 7.37. The van der Waals surface area contributed by atoms with E-state index in [4.69, 9.17) is 0 Å². The smallest absolute Gasteiger partial charge is 0.0283 e. The third-order valence-corrected chi connectivity index (χ3v) is 6.54. The summed E-state index contributed by atoms with van der Waals surface area (Å²) in [6.45, 7) is 0. The fraction of sp³-hybridized carbons (Fsp3) is 0. The molecule has 0 amide bonds. The number of thiophene rings is 1. The van der Waals surface area contributed by atoms with Crippen molar-refractivity contribution in [1.29, 1.82) is 0 Å². The molecule has 33 heavy (non-hydrogen) atoms. The van der Waals surface area contributed by atoms with Gasteiger partial charge in [-0.05, 0) is 57.7 Å². The highest BCUT2D eigenvalue weighted by Crippen LogP contribution is 2.32. The van der Waals surface area contributed by atoms with E-state index in [1.165, 1.54) is 43.2 Å². The molecular weight excluding hydrogens is 416 g/mol. The maximum absolute atomic E-state index is 2.30. The van der Waals surface area contributed by atoms with Crippen molar-refractivity contribution in [2.45, 2.75) is 0 Å². The molecule has 1 aromatic heterocycles. The van der Waals surface area contributed by atoms with Crippen LogP contribution in [0.3, 0.4) is 0 Å². The molecule has 0 spiro atoms. The third-order valence-electron chi connectivity index (χ3n) is 5.56. The van der Waals surface area contributed by atoms with E-state index < -0.39 is 0 Å². The summed E-state index contributed by atoms with van der Waals surface area (Å²) in [6, 6.07) is 46.9. The quantitative estimate of drug-likeness (QED) is 0.247. The second-order valence-corrected chi connectivity index (χ2v) is 8.97. The van der Waals surface area contributed by atoms with Gasteiger partial charge in [-0.3, -0.25) is 0 Å². The van der Waals surface area contributed by atoms with Crippen molar-refractivity contribution in [3.05, 3.63) is 165 Å². The molecule has 5 rings (SSSR count). The van der Waals surface area contributed by atoms with Crippen LogP contribution in [0, 0.1) is 0 Å². The van der Waals surface area contributed by atoms with Gasteiger partial charge in [0.15, 0.2) is 0 Å². The average molecular weight is 441 g/mol. The van der Waals surface area contributed by atoms with Crippen LogP contribution in [-0.2, 0) is 0 Å². The number of rotatable bonds is 6. The third kappa shape index (κ3) is 5.11. The Kier molecular flexibility index (Phi) is 6.42. The lowest BCUT2D eigenvalue weighted by Gasteiger charge is -2.08. The molecule has 5 aromatic rings. The molecule has 158 valence electrons. The summed E-state index contributed by atoms with van der Waals surface area (Å²) < 4.78 is 0. The van der Waals surface area contributed by atoms with Gasteiger partial charge in [0.05, 0.1) is 0 Å². The molecule has 0 nitrogen and oxygen atoms in total. The van der Waals surface area contributed by atoms with Gasteiger partial charge in [-0.2, -0.15) is 0 Å². The SMILES string of the molecule is C(=C(c1ccccc1)c1ccccc1)c1ccc(C=C(c2ccccc2)c2ccccc2)s1. The summed E-state index contributed by atoms with van der Waals surface area (Å²) in [4.78, 5) is 2.48. The Morgan fingerprint density at radius 1 is 0.364 bits per heavy atom. The first-order chi connectivity index (χ1) is 16.4. The van der Waals surface area contributed by atoms with Crippen LogP contribution < -0.4 is 0 Å². The van der Waals surface area contributed by atoms with Gasteiger partial charge in [0, 0.05) is 9.75 Å². The molecule has 0 N–H and O–H groups in total. The number of benzene rings is 4. The zero-order valence-electron chi connectivity index (χ0n) is 18.3. The molecule has 0 aliphatic carbocycles. The maximum atomic E-state index is 2.30. The van der Waals surface area contributed by atoms with E-state index in [-0.39, 0.29) is 0 Å². The normalized spacial score (nSPS) is 10.4. The minimum atomic E-state index is 1.23. The fourth-order valence-corrected chi connectivity index (χ4v) is 4.84. The van der Waals surface area contributed by atoms with Crippen LogP contribution in [0.1, 0.15) is 32.0 Å². The van der Waals surface area contributed by atoms with E-state index >= 15 is 0 Å². The average Bonchev–Trinajstić information content (AvgIpc) is 3.35. The van der Waals surface area contributed by atoms with Gasteiger partial charge in [-0.1, -0.05) is 121 Å². The van der Waals surface area contributed by atoms with Gasteiger partial charge in [-0.15, -0.1) is 11.3 Å². The van der Waals surface area contributed by atoms with E-state index in [1.807, 2.05) is 11.3 Å². The standard InChI is InChI=1S/C32H24S/c1-5-13-25(14-6-1)31(26-15-7-2-8-16-26)23-29-21-22-30(33-29)24-32(27-17-9-3-10-18-27)28-19-11-4-12-20-28/h1-24H. The second kappa shape index (κ2) is 10.1. The lowest BCUT2D eigenvalue weighted by molar-refractivity contribution is 1.56. The lowest BCUT2D eigenvalue weighted by Crippen LogP contribution is -1.87. The minimum absolute atomic E-state index is 1.23. The van der Waals surface area contributed by atoms with E-state index in [2.05, 4.69) is 146 Å². The van der Waals surface area contributed by atoms with Crippen LogP contribution in [0.15, 0.2) is 133 Å². The minimum Gasteiger partial charge on any atom is -0.136 e. The van der Waals surface area contributed by atoms with Gasteiger partial charge in [0.2, 0.25) is 0 Å². The van der Waals surface area contributed by atoms with Gasteiger partial charge in [-0.25, -0.2) is 0 Å². The Balaban J connectivity index is 1.56. The molecule has 0 fully saturated rings. The predicted octanol–water partition coefficient (Wildman–Crippen LogP) is 8.93. The Bertz CT molecular complexity index is 1170. The molecular formula is C32H24S. The zero-order valence-corrected chi connectivity index (χ0v) is 19.1. The first-order valence-corrected chi connectivity index (χ1v) is 11.9. The van der Waals surface area contributed by atoms with Crippen molar-refractivity contribution < 1.29 is 0 Å². The molecule has 0 radical (unpaired) electrons. The largest absolute Gasteiger partial charge is 0.136 e. The molecule has 0 aliphatic rings. The summed E-state index contributed by atoms with van der Waals surface area (Å²) in [5.74, 6) is 0. The highest BCUT2D eigenvalue weighted by molar-refractivity contribution is 7.13. The van der Waals surface area contributed by atoms with Crippen molar-refractivity contribution in [1.82, 2.24) is 0 Å². The van der Waals surface area contributed by atoms with Crippen LogP contribution in [0.2, 0.25) is 0 Å². The van der Waals surface area contributed by atoms with Crippen molar-refractivity contribution in [3.63, 3.8) is 0 Å². The Labute approximate surface area is 199 Å². The predicted molar refractivity (Wildman–Crippen MR) is 144 cm³/mol. The highest BCUT2D eigenvalue weighted by atomic mass is 32.1. The van der Waals surface area contributed by atoms with Crippen molar-refractivity contribution in [3.8, 4) is 0 Å². The van der Waals surface area contributed by atoms with Gasteiger partial charge in [0.1, 0.15) is 0 Å². The fourth-order valence-electron chi connectivity index (χ4n) is 3.95. The first-order valence-electron chi connectivity index (χ1n) is 11.1. The number of hydrogen-bond donors (Lipinski definition) is 0. The van der Waals surface area contributed by atoms with Crippen molar-refractivity contribution in [2.24, 2.45) is 0 Å². The van der Waals surface area contributed by atoms with Crippen LogP contribution in [0.5, 0.6) is 0 Å². The Morgan fingerprint density at radius 3 is 0.909 bits per heavy atom. The monoisotopic (exact) mass is 440 g/mol. The summed E-state index contributed by atoms with van der Waals surface area (Å²) in [6.07, 6.45) is 4.61. The molecule has 0 saturated carbocycles. The first kappa shape index (κ1) is 20.9. The molecule has 0 unspecified atom stereocenters. The Morgan fingerprint density at radius 2 is 0.636 bits per heavy atom. The van der Waals surface area contributed by atoms with Gasteiger partial charge >= 0.3 is 0 Å². The number of hydrogen-bond acceptors (Lipinski definition) is 1. The van der Waals surface area contributed by atoms with E-state index in [0.29, 0.717) is 0 Å². The molecule has 0 atom stereocenters. The van der Waals surface area contributed by atoms with Gasteiger partial charge < -0.3 is 0 Å². The second-order valence-electron chi connectivity index (χ2n) is 7.82. The molecule has 1 heterocycles. The topological polar surface area (TPSA) is 0 Å². The molecule has 0 aliphatic heterocycles. The van der Waals surface area contributed by atoms with Crippen LogP contribution in [0.25, 0.3) is 23.3 Å². The van der Waals surface area contributed by atoms with E-state index in [1.54, 1.807) is 0 Å². The van der Waals surface area contributed by atoms with Crippen molar-refractivity contribution in [2.75, 3.05) is 0 Å². The zero-order chi connectivity index (χ0) is 22.3. The maximum Gasteiger partial charge on any atom is 0.0283 e. The molecule has 0 bridgehead atoms. The van der Waals surface area contributed by atoms with E-state index in [0.717, 1.165) is 0 Å². The van der Waals surface area contributed by atoms with E-state index in [9.17, 15) is 0 Å². The molecule has 4 aromatic carbocycles. The molecule has 0 saturated heterocycles. The molecule has 1 heteroatoms. The van der Waals surface area contributed by atoms with Crippen LogP contribution in [-0.4, -0.2) is 0 Å². The summed E-state index contributed by atoms with van der Waals surface area (Å²) in [5, 5.41) is 0. The van der Waals surface area contributed by atoms with Crippen LogP contribution >= 0.6 is 11.3 Å². The van der Waals surface area contributed by atoms with Gasteiger partial charge in [0.25, 0.3) is 0 Å². The lowest BCUT2D eigenvalue weighted by atomic mass is 9.97. The highest BCUT2D eigenvalue weighted by Gasteiger charge is 2.08. The van der Waals surface area contributed by atoms with Crippen molar-refractivity contribution >= 4 is 34.6 Å². The van der Waals surface area contributed by atoms with Crippen LogP contribution in [0.4, 0.5) is 0 Å².